The van der Waals surface area contributed by atoms with Crippen molar-refractivity contribution in [2.75, 3.05) is 25.2 Å². The maximum absolute atomic E-state index is 12.7. The normalized spacial score (nSPS) is 14.1. The molecule has 168 valence electrons. The number of ether oxygens (including phenoxy) is 1. The lowest BCUT2D eigenvalue weighted by molar-refractivity contribution is -0.122. The first-order valence-corrected chi connectivity index (χ1v) is 13.4. The van der Waals surface area contributed by atoms with Crippen molar-refractivity contribution in [3.05, 3.63) is 59.2 Å². The van der Waals surface area contributed by atoms with E-state index in [2.05, 4.69) is 22.2 Å². The van der Waals surface area contributed by atoms with Crippen LogP contribution in [0.2, 0.25) is 0 Å². The van der Waals surface area contributed by atoms with Gasteiger partial charge in [0.15, 0.2) is 0 Å². The van der Waals surface area contributed by atoms with Crippen molar-refractivity contribution in [1.82, 2.24) is 10.0 Å². The summed E-state index contributed by atoms with van der Waals surface area (Å²) in [5.41, 5.74) is 3.70. The molecule has 0 saturated carbocycles. The topological polar surface area (TPSA) is 84.5 Å². The van der Waals surface area contributed by atoms with Crippen LogP contribution >= 0.6 is 11.8 Å². The molecule has 1 atom stereocenters. The smallest absolute Gasteiger partial charge is 0.241 e. The molecule has 31 heavy (non-hydrogen) atoms. The summed E-state index contributed by atoms with van der Waals surface area (Å²) in [7, 11) is -3.78. The van der Waals surface area contributed by atoms with Gasteiger partial charge in [0.25, 0.3) is 0 Å². The molecule has 0 saturated heterocycles. The average Bonchev–Trinajstić information content (AvgIpc) is 3.22. The van der Waals surface area contributed by atoms with Gasteiger partial charge in [-0.05, 0) is 80.0 Å². The average molecular weight is 463 g/mol. The third kappa shape index (κ3) is 6.72. The van der Waals surface area contributed by atoms with Crippen LogP contribution in [0.5, 0.6) is 5.75 Å². The van der Waals surface area contributed by atoms with Crippen molar-refractivity contribution >= 4 is 27.7 Å². The van der Waals surface area contributed by atoms with Crippen LogP contribution in [-0.2, 0) is 27.7 Å². The number of thioether (sulfide) groups is 1. The molecule has 1 amide bonds. The second-order valence-corrected chi connectivity index (χ2v) is 10.4. The second-order valence-electron chi connectivity index (χ2n) is 7.69. The highest BCUT2D eigenvalue weighted by molar-refractivity contribution is 7.98. The number of sulfonamides is 1. The molecular weight excluding hydrogens is 432 g/mol. The van der Waals surface area contributed by atoms with Crippen LogP contribution in [0.1, 0.15) is 29.5 Å². The number of rotatable bonds is 11. The first-order chi connectivity index (χ1) is 14.9. The number of carbonyl (C=O) groups excluding carboxylic acids is 1. The molecule has 2 aromatic carbocycles. The molecule has 0 radical (unpaired) electrons. The molecule has 0 aliphatic heterocycles. The zero-order valence-corrected chi connectivity index (χ0v) is 19.7. The third-order valence-corrected chi connectivity index (χ3v) is 7.43. The van der Waals surface area contributed by atoms with E-state index in [0.717, 1.165) is 24.2 Å². The van der Waals surface area contributed by atoms with Gasteiger partial charge in [0.05, 0.1) is 11.4 Å². The summed E-state index contributed by atoms with van der Waals surface area (Å²) in [5, 5.41) is 2.80. The highest BCUT2D eigenvalue weighted by Crippen LogP contribution is 2.25. The Labute approximate surface area is 189 Å². The van der Waals surface area contributed by atoms with Crippen LogP contribution in [0.25, 0.3) is 0 Å². The molecule has 1 aliphatic carbocycles. The second kappa shape index (κ2) is 11.0. The Kier molecular flexibility index (Phi) is 8.40. The first-order valence-electron chi connectivity index (χ1n) is 10.5. The van der Waals surface area contributed by atoms with Gasteiger partial charge in [-0.25, -0.2) is 8.42 Å². The van der Waals surface area contributed by atoms with Crippen molar-refractivity contribution in [3.63, 3.8) is 0 Å². The van der Waals surface area contributed by atoms with Crippen molar-refractivity contribution < 1.29 is 17.9 Å². The number of benzene rings is 2. The summed E-state index contributed by atoms with van der Waals surface area (Å²) in [5.74, 6) is 1.12. The zero-order chi connectivity index (χ0) is 22.3. The molecule has 8 heteroatoms. The minimum Gasteiger partial charge on any atom is -0.492 e. The molecule has 0 spiro atoms. The molecule has 2 N–H and O–H groups in total. The number of amides is 1. The Morgan fingerprint density at radius 3 is 2.61 bits per heavy atom. The predicted molar refractivity (Wildman–Crippen MR) is 125 cm³/mol. The summed E-state index contributed by atoms with van der Waals surface area (Å²) < 4.78 is 33.7. The van der Waals surface area contributed by atoms with E-state index in [9.17, 15) is 13.2 Å². The van der Waals surface area contributed by atoms with Gasteiger partial charge in [0, 0.05) is 0 Å². The van der Waals surface area contributed by atoms with Crippen molar-refractivity contribution in [2.45, 2.75) is 43.5 Å². The lowest BCUT2D eigenvalue weighted by Gasteiger charge is -2.18. The van der Waals surface area contributed by atoms with Gasteiger partial charge in [0.1, 0.15) is 18.4 Å². The molecule has 0 aromatic heterocycles. The van der Waals surface area contributed by atoms with Crippen molar-refractivity contribution in [3.8, 4) is 5.75 Å². The van der Waals surface area contributed by atoms with Gasteiger partial charge in [-0.1, -0.05) is 23.8 Å². The number of carbonyl (C=O) groups is 1. The van der Waals surface area contributed by atoms with Crippen LogP contribution in [0.3, 0.4) is 0 Å². The lowest BCUT2D eigenvalue weighted by atomic mass is 10.1. The number of hydrogen-bond donors (Lipinski definition) is 2. The van der Waals surface area contributed by atoms with Crippen molar-refractivity contribution in [1.29, 1.82) is 0 Å². The van der Waals surface area contributed by atoms with E-state index in [4.69, 9.17) is 4.74 Å². The minimum absolute atomic E-state index is 0.153. The zero-order valence-electron chi connectivity index (χ0n) is 18.0. The Morgan fingerprint density at radius 2 is 1.87 bits per heavy atom. The highest BCUT2D eigenvalue weighted by Gasteiger charge is 2.25. The van der Waals surface area contributed by atoms with E-state index in [1.807, 2.05) is 19.2 Å². The van der Waals surface area contributed by atoms with Gasteiger partial charge in [-0.2, -0.15) is 16.5 Å². The van der Waals surface area contributed by atoms with Crippen LogP contribution in [0.15, 0.2) is 47.4 Å². The van der Waals surface area contributed by atoms with Gasteiger partial charge < -0.3 is 10.1 Å². The van der Waals surface area contributed by atoms with Crippen molar-refractivity contribution in [2.24, 2.45) is 0 Å². The predicted octanol–water partition coefficient (Wildman–Crippen LogP) is 3.08. The molecule has 0 bridgehead atoms. The maximum atomic E-state index is 12.7. The summed E-state index contributed by atoms with van der Waals surface area (Å²) in [4.78, 5) is 12.8. The maximum Gasteiger partial charge on any atom is 0.241 e. The SMILES string of the molecule is CSCCC(NS(=O)(=O)c1ccc(C)cc1)C(=O)NCCOc1ccc2c(c1)CCC2. The third-order valence-electron chi connectivity index (χ3n) is 5.30. The van der Waals surface area contributed by atoms with Gasteiger partial charge >= 0.3 is 0 Å². The fourth-order valence-corrected chi connectivity index (χ4v) is 5.26. The highest BCUT2D eigenvalue weighted by atomic mass is 32.2. The molecule has 2 aromatic rings. The van der Waals surface area contributed by atoms with Gasteiger partial charge in [0.2, 0.25) is 15.9 Å². The van der Waals surface area contributed by atoms with Crippen LogP contribution in [-0.4, -0.2) is 45.5 Å². The fraction of sp³-hybridized carbons (Fsp3) is 0.435. The molecular formula is C23H30N2O4S2. The van der Waals surface area contributed by atoms with Crippen LogP contribution in [0, 0.1) is 6.92 Å². The lowest BCUT2D eigenvalue weighted by Crippen LogP contribution is -2.47. The number of nitrogens with one attached hydrogen (secondary N) is 2. The Balaban J connectivity index is 1.53. The molecule has 1 unspecified atom stereocenters. The van der Waals surface area contributed by atoms with E-state index in [1.54, 1.807) is 36.0 Å². The summed E-state index contributed by atoms with van der Waals surface area (Å²) in [6.07, 6.45) is 5.73. The standard InChI is InChI=1S/C23H30N2O4S2/c1-17-6-10-21(11-7-17)31(27,28)25-22(12-15-30-2)23(26)24-13-14-29-20-9-8-18-4-3-5-19(18)16-20/h6-11,16,22,25H,3-5,12-15H2,1-2H3,(H,24,26). The Bertz CT molecular complexity index is 991. The first kappa shape index (κ1) is 23.6. The quantitative estimate of drug-likeness (QED) is 0.502. The molecule has 0 fully saturated rings. The van der Waals surface area contributed by atoms with Gasteiger partial charge in [-0.3, -0.25) is 4.79 Å². The number of hydrogen-bond acceptors (Lipinski definition) is 5. The minimum atomic E-state index is -3.78. The summed E-state index contributed by atoms with van der Waals surface area (Å²) in [6, 6.07) is 11.9. The molecule has 0 heterocycles. The molecule has 3 rings (SSSR count). The largest absolute Gasteiger partial charge is 0.492 e. The molecule has 1 aliphatic rings. The Morgan fingerprint density at radius 1 is 1.13 bits per heavy atom. The Hall–Kier alpha value is -2.03. The van der Waals surface area contributed by atoms with E-state index in [-0.39, 0.29) is 10.8 Å². The van der Waals surface area contributed by atoms with E-state index in [0.29, 0.717) is 25.3 Å². The van der Waals surface area contributed by atoms with Crippen LogP contribution < -0.4 is 14.8 Å². The molecule has 6 nitrogen and oxygen atoms in total. The van der Waals surface area contributed by atoms with E-state index in [1.165, 1.54) is 17.5 Å². The van der Waals surface area contributed by atoms with Gasteiger partial charge in [-0.15, -0.1) is 0 Å². The van der Waals surface area contributed by atoms with Crippen LogP contribution in [0.4, 0.5) is 0 Å². The monoisotopic (exact) mass is 462 g/mol. The number of fused-ring (bicyclic) bond motifs is 1. The fourth-order valence-electron chi connectivity index (χ4n) is 3.56. The summed E-state index contributed by atoms with van der Waals surface area (Å²) >= 11 is 1.57. The van der Waals surface area contributed by atoms with E-state index >= 15 is 0 Å². The summed E-state index contributed by atoms with van der Waals surface area (Å²) in [6.45, 7) is 2.52. The van der Waals surface area contributed by atoms with E-state index < -0.39 is 16.1 Å². The number of aryl methyl sites for hydroxylation is 3.